The summed E-state index contributed by atoms with van der Waals surface area (Å²) in [5.74, 6) is -0.169. The third-order valence-electron chi connectivity index (χ3n) is 3.14. The van der Waals surface area contributed by atoms with Crippen LogP contribution >= 0.6 is 11.6 Å². The highest BCUT2D eigenvalue weighted by Gasteiger charge is 2.20. The normalized spacial score (nSPS) is 12.2. The van der Waals surface area contributed by atoms with Gasteiger partial charge < -0.3 is 11.1 Å². The van der Waals surface area contributed by atoms with Crippen molar-refractivity contribution in [2.24, 2.45) is 0 Å². The standard InChI is InChI=1S/C14H17ClN4O/c1-8-13(15)9(2)19(18-8)10(3)14(20)17-12-6-4-5-11(16)7-12/h4-7,10H,16H2,1-3H3,(H,17,20). The van der Waals surface area contributed by atoms with Crippen molar-refractivity contribution < 1.29 is 4.79 Å². The molecule has 3 N–H and O–H groups in total. The number of anilines is 2. The zero-order chi connectivity index (χ0) is 14.9. The Morgan fingerprint density at radius 1 is 1.45 bits per heavy atom. The Morgan fingerprint density at radius 3 is 2.70 bits per heavy atom. The van der Waals surface area contributed by atoms with Crippen LogP contribution in [-0.4, -0.2) is 15.7 Å². The minimum atomic E-state index is -0.456. The number of carbonyl (C=O) groups excluding carboxylic acids is 1. The Balaban J connectivity index is 2.18. The van der Waals surface area contributed by atoms with Crippen molar-refractivity contribution in [3.8, 4) is 0 Å². The van der Waals surface area contributed by atoms with E-state index in [0.29, 0.717) is 22.1 Å². The number of nitrogen functional groups attached to an aromatic ring is 1. The van der Waals surface area contributed by atoms with Gasteiger partial charge in [0.1, 0.15) is 6.04 Å². The number of nitrogens with zero attached hydrogens (tertiary/aromatic N) is 2. The van der Waals surface area contributed by atoms with E-state index in [9.17, 15) is 4.79 Å². The molecule has 2 rings (SSSR count). The number of amides is 1. The van der Waals surface area contributed by atoms with Gasteiger partial charge in [-0.05, 0) is 39.0 Å². The van der Waals surface area contributed by atoms with Crippen molar-refractivity contribution in [3.05, 3.63) is 40.7 Å². The minimum absolute atomic E-state index is 0.169. The molecule has 0 bridgehead atoms. The molecule has 0 aliphatic rings. The molecule has 1 unspecified atom stereocenters. The highest BCUT2D eigenvalue weighted by Crippen LogP contribution is 2.23. The predicted molar refractivity (Wildman–Crippen MR) is 80.9 cm³/mol. The largest absolute Gasteiger partial charge is 0.399 e. The Bertz CT molecular complexity index is 651. The van der Waals surface area contributed by atoms with Crippen LogP contribution < -0.4 is 11.1 Å². The lowest BCUT2D eigenvalue weighted by atomic mass is 10.2. The van der Waals surface area contributed by atoms with Gasteiger partial charge in [-0.25, -0.2) is 0 Å². The van der Waals surface area contributed by atoms with E-state index in [1.807, 2.05) is 13.8 Å². The summed E-state index contributed by atoms with van der Waals surface area (Å²) in [6, 6.07) is 6.59. The van der Waals surface area contributed by atoms with Gasteiger partial charge in [-0.3, -0.25) is 9.48 Å². The molecule has 1 atom stereocenters. The maximum Gasteiger partial charge on any atom is 0.248 e. The molecule has 1 heterocycles. The molecule has 0 fully saturated rings. The van der Waals surface area contributed by atoms with Crippen molar-refractivity contribution in [2.75, 3.05) is 11.1 Å². The molecule has 0 saturated carbocycles. The molecule has 0 aliphatic heterocycles. The molecule has 0 saturated heterocycles. The van der Waals surface area contributed by atoms with Crippen LogP contribution in [0.3, 0.4) is 0 Å². The highest BCUT2D eigenvalue weighted by molar-refractivity contribution is 6.31. The first-order valence-corrected chi connectivity index (χ1v) is 6.65. The average Bonchev–Trinajstić information content (AvgIpc) is 2.65. The van der Waals surface area contributed by atoms with Crippen LogP contribution in [0.2, 0.25) is 5.02 Å². The van der Waals surface area contributed by atoms with Gasteiger partial charge >= 0.3 is 0 Å². The molecule has 0 radical (unpaired) electrons. The van der Waals surface area contributed by atoms with E-state index in [2.05, 4.69) is 10.4 Å². The van der Waals surface area contributed by atoms with Crippen LogP contribution in [0.5, 0.6) is 0 Å². The number of nitrogens with one attached hydrogen (secondary N) is 1. The Kier molecular flexibility index (Phi) is 3.99. The van der Waals surface area contributed by atoms with Crippen molar-refractivity contribution in [1.29, 1.82) is 0 Å². The van der Waals surface area contributed by atoms with Gasteiger partial charge in [0.05, 0.1) is 16.4 Å². The Morgan fingerprint density at radius 2 is 2.15 bits per heavy atom. The van der Waals surface area contributed by atoms with Crippen LogP contribution in [0, 0.1) is 13.8 Å². The molecular weight excluding hydrogens is 276 g/mol. The first kappa shape index (κ1) is 14.4. The lowest BCUT2D eigenvalue weighted by molar-refractivity contribution is -0.119. The van der Waals surface area contributed by atoms with Crippen molar-refractivity contribution in [1.82, 2.24) is 9.78 Å². The fraction of sp³-hybridized carbons (Fsp3) is 0.286. The summed E-state index contributed by atoms with van der Waals surface area (Å²) >= 11 is 6.10. The number of carbonyl (C=O) groups is 1. The van der Waals surface area contributed by atoms with Crippen LogP contribution in [0.15, 0.2) is 24.3 Å². The second-order valence-electron chi connectivity index (χ2n) is 4.72. The molecule has 1 amide bonds. The Hall–Kier alpha value is -2.01. The lowest BCUT2D eigenvalue weighted by Gasteiger charge is -2.14. The van der Waals surface area contributed by atoms with E-state index in [0.717, 1.165) is 5.69 Å². The third kappa shape index (κ3) is 2.77. The monoisotopic (exact) mass is 292 g/mol. The van der Waals surface area contributed by atoms with Gasteiger partial charge in [0.25, 0.3) is 0 Å². The number of nitrogens with two attached hydrogens (primary N) is 1. The number of aromatic nitrogens is 2. The summed E-state index contributed by atoms with van der Waals surface area (Å²) in [4.78, 5) is 12.2. The first-order valence-electron chi connectivity index (χ1n) is 6.27. The van der Waals surface area contributed by atoms with Gasteiger partial charge in [-0.15, -0.1) is 0 Å². The van der Waals surface area contributed by atoms with E-state index in [-0.39, 0.29) is 5.91 Å². The topological polar surface area (TPSA) is 72.9 Å². The van der Waals surface area contributed by atoms with E-state index in [1.54, 1.807) is 35.9 Å². The zero-order valence-electron chi connectivity index (χ0n) is 11.6. The Labute approximate surface area is 122 Å². The van der Waals surface area contributed by atoms with Gasteiger partial charge in [0.2, 0.25) is 5.91 Å². The molecular formula is C14H17ClN4O. The van der Waals surface area contributed by atoms with Gasteiger partial charge in [-0.1, -0.05) is 17.7 Å². The number of aryl methyl sites for hydroxylation is 1. The number of hydrogen-bond acceptors (Lipinski definition) is 3. The third-order valence-corrected chi connectivity index (χ3v) is 3.68. The molecule has 1 aromatic heterocycles. The van der Waals surface area contributed by atoms with Crippen LogP contribution in [-0.2, 0) is 4.79 Å². The molecule has 6 heteroatoms. The molecule has 1 aromatic carbocycles. The molecule has 20 heavy (non-hydrogen) atoms. The second kappa shape index (κ2) is 5.54. The van der Waals surface area contributed by atoms with E-state index in [1.165, 1.54) is 0 Å². The maximum atomic E-state index is 12.2. The minimum Gasteiger partial charge on any atom is -0.399 e. The summed E-state index contributed by atoms with van der Waals surface area (Å²) in [6.45, 7) is 5.43. The highest BCUT2D eigenvalue weighted by atomic mass is 35.5. The molecule has 106 valence electrons. The zero-order valence-corrected chi connectivity index (χ0v) is 12.4. The van der Waals surface area contributed by atoms with E-state index in [4.69, 9.17) is 17.3 Å². The quantitative estimate of drug-likeness (QED) is 0.854. The van der Waals surface area contributed by atoms with Gasteiger partial charge in [0.15, 0.2) is 0 Å². The van der Waals surface area contributed by atoms with Crippen molar-refractivity contribution in [2.45, 2.75) is 26.8 Å². The van der Waals surface area contributed by atoms with Crippen molar-refractivity contribution >= 4 is 28.9 Å². The maximum absolute atomic E-state index is 12.2. The second-order valence-corrected chi connectivity index (χ2v) is 5.10. The summed E-state index contributed by atoms with van der Waals surface area (Å²) in [5.41, 5.74) is 8.44. The number of hydrogen-bond donors (Lipinski definition) is 2. The summed E-state index contributed by atoms with van der Waals surface area (Å²) in [6.07, 6.45) is 0. The number of benzene rings is 1. The smallest absolute Gasteiger partial charge is 0.248 e. The van der Waals surface area contributed by atoms with Gasteiger partial charge in [-0.2, -0.15) is 5.10 Å². The first-order chi connectivity index (χ1) is 9.40. The number of rotatable bonds is 3. The average molecular weight is 293 g/mol. The predicted octanol–water partition coefficient (Wildman–Crippen LogP) is 2.94. The SMILES string of the molecule is Cc1nn(C(C)C(=O)Nc2cccc(N)c2)c(C)c1Cl. The molecule has 0 aliphatic carbocycles. The molecule has 2 aromatic rings. The fourth-order valence-electron chi connectivity index (χ4n) is 1.99. The van der Waals surface area contributed by atoms with Gasteiger partial charge in [0, 0.05) is 11.4 Å². The van der Waals surface area contributed by atoms with Crippen LogP contribution in [0.4, 0.5) is 11.4 Å². The summed E-state index contributed by atoms with van der Waals surface area (Å²) in [5, 5.41) is 7.69. The van der Waals surface area contributed by atoms with E-state index >= 15 is 0 Å². The van der Waals surface area contributed by atoms with Crippen molar-refractivity contribution in [3.63, 3.8) is 0 Å². The fourth-order valence-corrected chi connectivity index (χ4v) is 2.12. The summed E-state index contributed by atoms with van der Waals surface area (Å²) < 4.78 is 1.62. The lowest BCUT2D eigenvalue weighted by Crippen LogP contribution is -2.25. The number of halogens is 1. The van der Waals surface area contributed by atoms with E-state index < -0.39 is 6.04 Å². The summed E-state index contributed by atoms with van der Waals surface area (Å²) in [7, 11) is 0. The van der Waals surface area contributed by atoms with Crippen LogP contribution in [0.1, 0.15) is 24.4 Å². The molecule has 0 spiro atoms. The molecule has 5 nitrogen and oxygen atoms in total. The van der Waals surface area contributed by atoms with Crippen LogP contribution in [0.25, 0.3) is 0 Å².